The highest BCUT2D eigenvalue weighted by Gasteiger charge is 2.11. The van der Waals surface area contributed by atoms with Crippen molar-refractivity contribution in [2.45, 2.75) is 19.9 Å². The zero-order valence-electron chi connectivity index (χ0n) is 12.2. The Bertz CT molecular complexity index is 718. The van der Waals surface area contributed by atoms with Crippen LogP contribution < -0.4 is 5.32 Å². The Kier molecular flexibility index (Phi) is 3.69. The van der Waals surface area contributed by atoms with Crippen molar-refractivity contribution in [1.29, 1.82) is 0 Å². The van der Waals surface area contributed by atoms with Crippen LogP contribution in [0.2, 0.25) is 0 Å². The van der Waals surface area contributed by atoms with Crippen molar-refractivity contribution in [3.8, 4) is 11.4 Å². The van der Waals surface area contributed by atoms with E-state index in [0.717, 1.165) is 22.9 Å². The summed E-state index contributed by atoms with van der Waals surface area (Å²) in [5.41, 5.74) is 3.29. The minimum Gasteiger partial charge on any atom is -0.378 e. The van der Waals surface area contributed by atoms with Gasteiger partial charge in [0.05, 0.1) is 0 Å². The number of hydrogen-bond donors (Lipinski definition) is 2. The third kappa shape index (κ3) is 2.94. The second-order valence-corrected chi connectivity index (χ2v) is 5.07. The summed E-state index contributed by atoms with van der Waals surface area (Å²) < 4.78 is 0. The largest absolute Gasteiger partial charge is 0.378 e. The lowest BCUT2D eigenvalue weighted by atomic mass is 10.1. The number of nitrogens with one attached hydrogen (secondary N) is 2. The molecule has 1 heterocycles. The van der Waals surface area contributed by atoms with E-state index >= 15 is 0 Å². The van der Waals surface area contributed by atoms with E-state index < -0.39 is 0 Å². The SMILES string of the molecule is Cc1nc(-c2ccccc2NC(C)c2ccccc2)n[nH]1. The Balaban J connectivity index is 1.89. The molecule has 0 aliphatic heterocycles. The van der Waals surface area contributed by atoms with E-state index in [-0.39, 0.29) is 6.04 Å². The summed E-state index contributed by atoms with van der Waals surface area (Å²) in [5.74, 6) is 1.53. The Hall–Kier alpha value is -2.62. The molecule has 0 radical (unpaired) electrons. The number of H-pyrrole nitrogens is 1. The molecule has 1 unspecified atom stereocenters. The lowest BCUT2D eigenvalue weighted by Gasteiger charge is -2.17. The standard InChI is InChI=1S/C17H18N4/c1-12(14-8-4-3-5-9-14)18-16-11-7-6-10-15(16)17-19-13(2)20-21-17/h3-12,18H,1-2H3,(H,19,20,21). The van der Waals surface area contributed by atoms with Crippen LogP contribution in [0.5, 0.6) is 0 Å². The molecule has 21 heavy (non-hydrogen) atoms. The number of benzene rings is 2. The summed E-state index contributed by atoms with van der Waals surface area (Å²) in [6.07, 6.45) is 0. The number of nitrogens with zero attached hydrogens (tertiary/aromatic N) is 2. The van der Waals surface area contributed by atoms with Gasteiger partial charge in [-0.1, -0.05) is 42.5 Å². The molecule has 0 fully saturated rings. The number of rotatable bonds is 4. The van der Waals surface area contributed by atoms with E-state index in [2.05, 4.69) is 57.8 Å². The second kappa shape index (κ2) is 5.79. The summed E-state index contributed by atoms with van der Waals surface area (Å²) in [6, 6.07) is 18.7. The van der Waals surface area contributed by atoms with Gasteiger partial charge in [0.15, 0.2) is 5.82 Å². The third-order valence-corrected chi connectivity index (χ3v) is 3.44. The molecule has 0 aliphatic rings. The second-order valence-electron chi connectivity index (χ2n) is 5.07. The fraction of sp³-hybridized carbons (Fsp3) is 0.176. The lowest BCUT2D eigenvalue weighted by molar-refractivity contribution is 0.885. The Labute approximate surface area is 124 Å². The molecule has 3 aromatic rings. The first-order valence-electron chi connectivity index (χ1n) is 7.04. The molecule has 106 valence electrons. The van der Waals surface area contributed by atoms with Crippen molar-refractivity contribution < 1.29 is 0 Å². The highest BCUT2D eigenvalue weighted by molar-refractivity contribution is 5.73. The van der Waals surface area contributed by atoms with Crippen LogP contribution in [0.4, 0.5) is 5.69 Å². The van der Waals surface area contributed by atoms with Crippen molar-refractivity contribution in [2.24, 2.45) is 0 Å². The quantitative estimate of drug-likeness (QED) is 0.759. The maximum absolute atomic E-state index is 4.41. The van der Waals surface area contributed by atoms with Gasteiger partial charge < -0.3 is 5.32 Å². The van der Waals surface area contributed by atoms with Crippen LogP contribution in [0.3, 0.4) is 0 Å². The molecule has 2 aromatic carbocycles. The van der Waals surface area contributed by atoms with Crippen LogP contribution >= 0.6 is 0 Å². The fourth-order valence-corrected chi connectivity index (χ4v) is 2.33. The molecule has 0 saturated carbocycles. The van der Waals surface area contributed by atoms with Crippen LogP contribution in [0.25, 0.3) is 11.4 Å². The molecule has 0 amide bonds. The van der Waals surface area contributed by atoms with E-state index in [0.29, 0.717) is 0 Å². The molecule has 3 rings (SSSR count). The first kappa shape index (κ1) is 13.4. The Morgan fingerprint density at radius 2 is 1.71 bits per heavy atom. The van der Waals surface area contributed by atoms with E-state index in [9.17, 15) is 0 Å². The minimum atomic E-state index is 0.215. The highest BCUT2D eigenvalue weighted by atomic mass is 15.2. The van der Waals surface area contributed by atoms with Crippen molar-refractivity contribution in [3.05, 3.63) is 66.0 Å². The number of aromatic amines is 1. The minimum absolute atomic E-state index is 0.215. The molecule has 0 bridgehead atoms. The molecule has 0 spiro atoms. The predicted octanol–water partition coefficient (Wildman–Crippen LogP) is 3.95. The van der Waals surface area contributed by atoms with E-state index in [1.807, 2.05) is 31.2 Å². The van der Waals surface area contributed by atoms with Gasteiger partial charge in [0.25, 0.3) is 0 Å². The zero-order valence-corrected chi connectivity index (χ0v) is 12.2. The molecule has 4 heteroatoms. The van der Waals surface area contributed by atoms with Gasteiger partial charge in [-0.05, 0) is 31.5 Å². The molecule has 1 atom stereocenters. The number of hydrogen-bond acceptors (Lipinski definition) is 3. The maximum atomic E-state index is 4.41. The topological polar surface area (TPSA) is 53.6 Å². The first-order valence-corrected chi connectivity index (χ1v) is 7.04. The number of aryl methyl sites for hydroxylation is 1. The van der Waals surface area contributed by atoms with Crippen LogP contribution in [0.1, 0.15) is 24.4 Å². The van der Waals surface area contributed by atoms with Gasteiger partial charge in [0.1, 0.15) is 5.82 Å². The first-order chi connectivity index (χ1) is 10.2. The molecule has 2 N–H and O–H groups in total. The zero-order chi connectivity index (χ0) is 14.7. The van der Waals surface area contributed by atoms with Gasteiger partial charge in [-0.2, -0.15) is 5.10 Å². The highest BCUT2D eigenvalue weighted by Crippen LogP contribution is 2.28. The van der Waals surface area contributed by atoms with Crippen molar-refractivity contribution >= 4 is 5.69 Å². The van der Waals surface area contributed by atoms with Crippen LogP contribution in [0, 0.1) is 6.92 Å². The predicted molar refractivity (Wildman–Crippen MR) is 85.0 cm³/mol. The smallest absolute Gasteiger partial charge is 0.183 e. The van der Waals surface area contributed by atoms with Crippen molar-refractivity contribution in [3.63, 3.8) is 0 Å². The monoisotopic (exact) mass is 278 g/mol. The summed E-state index contributed by atoms with van der Waals surface area (Å²) in [7, 11) is 0. The van der Waals surface area contributed by atoms with E-state index in [1.54, 1.807) is 0 Å². The van der Waals surface area contributed by atoms with Gasteiger partial charge >= 0.3 is 0 Å². The summed E-state index contributed by atoms with van der Waals surface area (Å²) in [6.45, 7) is 4.05. The van der Waals surface area contributed by atoms with Crippen molar-refractivity contribution in [1.82, 2.24) is 15.2 Å². The molecular weight excluding hydrogens is 260 g/mol. The maximum Gasteiger partial charge on any atom is 0.183 e. The number of anilines is 1. The van der Waals surface area contributed by atoms with Crippen molar-refractivity contribution in [2.75, 3.05) is 5.32 Å². The normalized spacial score (nSPS) is 12.1. The van der Waals surface area contributed by atoms with Crippen LogP contribution in [0.15, 0.2) is 54.6 Å². The van der Waals surface area contributed by atoms with Gasteiger partial charge in [-0.25, -0.2) is 4.98 Å². The molecule has 1 aromatic heterocycles. The molecule has 0 aliphatic carbocycles. The average Bonchev–Trinajstić information content (AvgIpc) is 2.95. The summed E-state index contributed by atoms with van der Waals surface area (Å²) >= 11 is 0. The van der Waals surface area contributed by atoms with Gasteiger partial charge in [-0.15, -0.1) is 0 Å². The fourth-order valence-electron chi connectivity index (χ4n) is 2.33. The average molecular weight is 278 g/mol. The van der Waals surface area contributed by atoms with Gasteiger partial charge in [0.2, 0.25) is 0 Å². The van der Waals surface area contributed by atoms with Gasteiger partial charge in [0, 0.05) is 17.3 Å². The Morgan fingerprint density at radius 3 is 2.43 bits per heavy atom. The summed E-state index contributed by atoms with van der Waals surface area (Å²) in [5, 5.41) is 10.7. The Morgan fingerprint density at radius 1 is 1.00 bits per heavy atom. The molecule has 4 nitrogen and oxygen atoms in total. The summed E-state index contributed by atoms with van der Waals surface area (Å²) in [4.78, 5) is 4.41. The lowest BCUT2D eigenvalue weighted by Crippen LogP contribution is -2.07. The van der Waals surface area contributed by atoms with E-state index in [4.69, 9.17) is 0 Å². The van der Waals surface area contributed by atoms with E-state index in [1.165, 1.54) is 5.56 Å². The van der Waals surface area contributed by atoms with Crippen LogP contribution in [-0.2, 0) is 0 Å². The molecule has 0 saturated heterocycles. The molecular formula is C17H18N4. The number of aromatic nitrogens is 3. The van der Waals surface area contributed by atoms with Gasteiger partial charge in [-0.3, -0.25) is 5.10 Å². The van der Waals surface area contributed by atoms with Crippen LogP contribution in [-0.4, -0.2) is 15.2 Å². The third-order valence-electron chi connectivity index (χ3n) is 3.44. The number of para-hydroxylation sites is 1.